The zero-order valence-corrected chi connectivity index (χ0v) is 9.90. The van der Waals surface area contributed by atoms with E-state index in [9.17, 15) is 0 Å². The fraction of sp³-hybridized carbons (Fsp3) is 0.727. The highest BCUT2D eigenvalue weighted by Gasteiger charge is 2.16. The van der Waals surface area contributed by atoms with E-state index in [-0.39, 0.29) is 12.6 Å². The van der Waals surface area contributed by atoms with Gasteiger partial charge >= 0.3 is 0 Å². The summed E-state index contributed by atoms with van der Waals surface area (Å²) >= 11 is 0. The van der Waals surface area contributed by atoms with E-state index in [0.717, 1.165) is 11.5 Å². The Morgan fingerprint density at radius 3 is 2.67 bits per heavy atom. The molecule has 4 heteroatoms. The molecule has 0 bridgehead atoms. The van der Waals surface area contributed by atoms with Crippen LogP contribution in [-0.4, -0.2) is 34.7 Å². The van der Waals surface area contributed by atoms with Crippen molar-refractivity contribution in [1.82, 2.24) is 9.88 Å². The Morgan fingerprint density at radius 2 is 2.13 bits per heavy atom. The zero-order chi connectivity index (χ0) is 11.4. The molecular weight excluding hydrogens is 192 g/mol. The second-order valence-corrected chi connectivity index (χ2v) is 4.26. The second-order valence-electron chi connectivity index (χ2n) is 4.26. The summed E-state index contributed by atoms with van der Waals surface area (Å²) < 4.78 is 5.34. The third kappa shape index (κ3) is 3.04. The molecule has 1 aromatic rings. The Bertz CT molecular complexity index is 297. The number of aromatic nitrogens is 1. The molecule has 86 valence electrons. The molecule has 4 nitrogen and oxygen atoms in total. The lowest BCUT2D eigenvalue weighted by Crippen LogP contribution is -2.31. The summed E-state index contributed by atoms with van der Waals surface area (Å²) in [5.74, 6) is 1.28. The van der Waals surface area contributed by atoms with E-state index in [0.29, 0.717) is 12.5 Å². The maximum absolute atomic E-state index is 9.03. The molecule has 0 amide bonds. The average Bonchev–Trinajstić information content (AvgIpc) is 2.64. The number of likely N-dealkylation sites (N-methyl/N-ethyl adjacent to an activating group) is 1. The van der Waals surface area contributed by atoms with Crippen molar-refractivity contribution in [3.05, 3.63) is 17.8 Å². The third-order valence-electron chi connectivity index (χ3n) is 2.61. The number of hydrogen-bond donors (Lipinski definition) is 1. The molecule has 1 unspecified atom stereocenters. The fourth-order valence-electron chi connectivity index (χ4n) is 1.40. The van der Waals surface area contributed by atoms with E-state index in [1.54, 1.807) is 0 Å². The number of oxazole rings is 1. The highest BCUT2D eigenvalue weighted by Crippen LogP contribution is 2.19. The van der Waals surface area contributed by atoms with Crippen LogP contribution in [0.4, 0.5) is 0 Å². The van der Waals surface area contributed by atoms with Gasteiger partial charge in [0, 0.05) is 18.5 Å². The second kappa shape index (κ2) is 5.28. The van der Waals surface area contributed by atoms with Crippen LogP contribution in [-0.2, 0) is 6.54 Å². The van der Waals surface area contributed by atoms with Crippen molar-refractivity contribution in [2.24, 2.45) is 0 Å². The quantitative estimate of drug-likeness (QED) is 0.805. The molecule has 1 heterocycles. The molecule has 1 rings (SSSR count). The number of rotatable bonds is 5. The highest BCUT2D eigenvalue weighted by atomic mass is 16.3. The van der Waals surface area contributed by atoms with Gasteiger partial charge in [0.25, 0.3) is 0 Å². The van der Waals surface area contributed by atoms with E-state index in [4.69, 9.17) is 9.52 Å². The standard InChI is InChI=1S/C11H20N2O2/c1-8(2)11-10(12-7-15-11)5-13(4)9(3)6-14/h7-9,14H,5-6H2,1-4H3. The lowest BCUT2D eigenvalue weighted by Gasteiger charge is -2.22. The summed E-state index contributed by atoms with van der Waals surface area (Å²) in [5, 5.41) is 9.03. The molecule has 1 aromatic heterocycles. The van der Waals surface area contributed by atoms with Gasteiger partial charge in [-0.25, -0.2) is 4.98 Å². The Hall–Kier alpha value is -0.870. The lowest BCUT2D eigenvalue weighted by molar-refractivity contribution is 0.152. The van der Waals surface area contributed by atoms with Crippen molar-refractivity contribution in [3.8, 4) is 0 Å². The van der Waals surface area contributed by atoms with Crippen LogP contribution in [0.1, 0.15) is 38.1 Å². The van der Waals surface area contributed by atoms with E-state index >= 15 is 0 Å². The molecule has 0 saturated heterocycles. The minimum atomic E-state index is 0.140. The summed E-state index contributed by atoms with van der Waals surface area (Å²) in [4.78, 5) is 6.26. The van der Waals surface area contributed by atoms with Gasteiger partial charge in [0.2, 0.25) is 0 Å². The summed E-state index contributed by atoms with van der Waals surface area (Å²) in [7, 11) is 1.97. The van der Waals surface area contributed by atoms with Crippen molar-refractivity contribution in [2.75, 3.05) is 13.7 Å². The minimum absolute atomic E-state index is 0.140. The molecule has 1 atom stereocenters. The molecule has 0 aromatic carbocycles. The van der Waals surface area contributed by atoms with Gasteiger partial charge < -0.3 is 9.52 Å². The fourth-order valence-corrected chi connectivity index (χ4v) is 1.40. The first-order valence-corrected chi connectivity index (χ1v) is 5.29. The van der Waals surface area contributed by atoms with Gasteiger partial charge in [-0.05, 0) is 14.0 Å². The third-order valence-corrected chi connectivity index (χ3v) is 2.61. The van der Waals surface area contributed by atoms with Crippen LogP contribution in [0, 0.1) is 0 Å². The summed E-state index contributed by atoms with van der Waals surface area (Å²) in [6, 6.07) is 0.140. The monoisotopic (exact) mass is 212 g/mol. The van der Waals surface area contributed by atoms with E-state index in [1.165, 1.54) is 6.39 Å². The van der Waals surface area contributed by atoms with Crippen LogP contribution in [0.5, 0.6) is 0 Å². The predicted octanol–water partition coefficient (Wildman–Crippen LogP) is 1.61. The summed E-state index contributed by atoms with van der Waals surface area (Å²) in [5.41, 5.74) is 0.966. The molecular formula is C11H20N2O2. The van der Waals surface area contributed by atoms with Gasteiger partial charge in [-0.15, -0.1) is 0 Å². The van der Waals surface area contributed by atoms with Crippen LogP contribution in [0.2, 0.25) is 0 Å². The number of aliphatic hydroxyl groups excluding tert-OH is 1. The summed E-state index contributed by atoms with van der Waals surface area (Å²) in [6.45, 7) is 7.02. The maximum atomic E-state index is 9.03. The Balaban J connectivity index is 2.67. The molecule has 0 saturated carbocycles. The Kier molecular flexibility index (Phi) is 4.29. The Labute approximate surface area is 90.9 Å². The van der Waals surface area contributed by atoms with Gasteiger partial charge in [-0.2, -0.15) is 0 Å². The molecule has 0 fully saturated rings. The highest BCUT2D eigenvalue weighted by molar-refractivity contribution is 5.10. The molecule has 15 heavy (non-hydrogen) atoms. The lowest BCUT2D eigenvalue weighted by atomic mass is 10.1. The van der Waals surface area contributed by atoms with Crippen molar-refractivity contribution in [3.63, 3.8) is 0 Å². The van der Waals surface area contributed by atoms with Gasteiger partial charge in [0.05, 0.1) is 12.3 Å². The van der Waals surface area contributed by atoms with Gasteiger partial charge in [-0.1, -0.05) is 13.8 Å². The van der Waals surface area contributed by atoms with Crippen molar-refractivity contribution in [1.29, 1.82) is 0 Å². The van der Waals surface area contributed by atoms with E-state index < -0.39 is 0 Å². The van der Waals surface area contributed by atoms with Crippen LogP contribution >= 0.6 is 0 Å². The zero-order valence-electron chi connectivity index (χ0n) is 9.90. The van der Waals surface area contributed by atoms with Crippen LogP contribution in [0.3, 0.4) is 0 Å². The first kappa shape index (κ1) is 12.2. The maximum Gasteiger partial charge on any atom is 0.181 e. The molecule has 0 aliphatic heterocycles. The topological polar surface area (TPSA) is 49.5 Å². The van der Waals surface area contributed by atoms with Crippen molar-refractivity contribution in [2.45, 2.75) is 39.3 Å². The largest absolute Gasteiger partial charge is 0.448 e. The summed E-state index contributed by atoms with van der Waals surface area (Å²) in [6.07, 6.45) is 1.49. The normalized spacial score (nSPS) is 13.8. The molecule has 0 aliphatic carbocycles. The first-order valence-electron chi connectivity index (χ1n) is 5.29. The molecule has 1 N–H and O–H groups in total. The molecule has 0 radical (unpaired) electrons. The smallest absolute Gasteiger partial charge is 0.181 e. The van der Waals surface area contributed by atoms with Crippen molar-refractivity contribution >= 4 is 0 Å². The van der Waals surface area contributed by atoms with Crippen LogP contribution in [0.15, 0.2) is 10.8 Å². The SMILES string of the molecule is CC(C)c1ocnc1CN(C)C(C)CO. The van der Waals surface area contributed by atoms with Gasteiger partial charge in [0.15, 0.2) is 6.39 Å². The minimum Gasteiger partial charge on any atom is -0.448 e. The van der Waals surface area contributed by atoms with E-state index in [1.807, 2.05) is 14.0 Å². The van der Waals surface area contributed by atoms with Crippen LogP contribution < -0.4 is 0 Å². The van der Waals surface area contributed by atoms with Crippen molar-refractivity contribution < 1.29 is 9.52 Å². The van der Waals surface area contributed by atoms with Gasteiger partial charge in [0.1, 0.15) is 5.76 Å². The number of hydrogen-bond acceptors (Lipinski definition) is 4. The Morgan fingerprint density at radius 1 is 1.47 bits per heavy atom. The number of aliphatic hydroxyl groups is 1. The van der Waals surface area contributed by atoms with Crippen LogP contribution in [0.25, 0.3) is 0 Å². The average molecular weight is 212 g/mol. The predicted molar refractivity (Wildman–Crippen MR) is 58.6 cm³/mol. The first-order chi connectivity index (χ1) is 7.06. The molecule has 0 spiro atoms. The number of nitrogens with zero attached hydrogens (tertiary/aromatic N) is 2. The van der Waals surface area contributed by atoms with E-state index in [2.05, 4.69) is 23.7 Å². The van der Waals surface area contributed by atoms with Gasteiger partial charge in [-0.3, -0.25) is 4.90 Å². The molecule has 0 aliphatic rings.